The number of carbonyl (C=O) groups excluding carboxylic acids is 2. The van der Waals surface area contributed by atoms with Crippen LogP contribution in [0.3, 0.4) is 0 Å². The van der Waals surface area contributed by atoms with Crippen LogP contribution < -0.4 is 0 Å². The molecule has 1 atom stereocenters. The van der Waals surface area contributed by atoms with E-state index in [2.05, 4.69) is 208 Å². The van der Waals surface area contributed by atoms with Crippen LogP contribution in [-0.2, 0) is 19.1 Å². The number of esters is 2. The molecule has 0 aromatic carbocycles. The van der Waals surface area contributed by atoms with Crippen LogP contribution in [0.5, 0.6) is 0 Å². The van der Waals surface area contributed by atoms with Gasteiger partial charge in [0.15, 0.2) is 6.10 Å². The maximum absolute atomic E-state index is 12.4. The molecule has 0 heterocycles. The first-order valence-corrected chi connectivity index (χ1v) is 34.0. The molecule has 0 fully saturated rings. The summed E-state index contributed by atoms with van der Waals surface area (Å²) >= 11 is 0. The van der Waals surface area contributed by atoms with Crippen molar-refractivity contribution in [1.82, 2.24) is 0 Å². The van der Waals surface area contributed by atoms with Crippen molar-refractivity contribution in [1.29, 1.82) is 0 Å². The van der Waals surface area contributed by atoms with Gasteiger partial charge in [0, 0.05) is 12.8 Å². The number of aliphatic hydroxyl groups excluding tert-OH is 1. The molecule has 0 radical (unpaired) electrons. The molecular weight excluding hydrogens is 1030 g/mol. The van der Waals surface area contributed by atoms with Gasteiger partial charge in [-0.25, -0.2) is 0 Å². The summed E-state index contributed by atoms with van der Waals surface area (Å²) in [7, 11) is 0. The topological polar surface area (TPSA) is 72.8 Å². The van der Waals surface area contributed by atoms with Crippen LogP contribution in [0.25, 0.3) is 0 Å². The molecule has 0 aliphatic carbocycles. The SMILES string of the molecule is CC/C=C\C/C=C\C/C=C\C/C=C\C/C=C\C/C=C\C/C=C\C/C=C\C/C=C\CCCCCCCCCCCCCCCC(=O)OC(CO)COC(=O)CCCCCCCCC/C=C\C/C=C\C/C=C\C/C=C\C/C=C\C/C=C\C/C=C\CC. The normalized spacial score (nSPS) is 13.5. The third kappa shape index (κ3) is 69.2. The Morgan fingerprint density at radius 1 is 0.274 bits per heavy atom. The minimum atomic E-state index is -0.793. The van der Waals surface area contributed by atoms with Gasteiger partial charge < -0.3 is 14.6 Å². The zero-order chi connectivity index (χ0) is 60.5. The second-order valence-corrected chi connectivity index (χ2v) is 21.8. The molecule has 0 aliphatic rings. The van der Waals surface area contributed by atoms with Gasteiger partial charge in [-0.15, -0.1) is 0 Å². The van der Waals surface area contributed by atoms with Crippen molar-refractivity contribution in [3.63, 3.8) is 0 Å². The molecule has 1 N–H and O–H groups in total. The Bertz CT molecular complexity index is 1930. The Balaban J connectivity index is 3.58. The molecule has 84 heavy (non-hydrogen) atoms. The molecule has 0 aliphatic heterocycles. The van der Waals surface area contributed by atoms with Crippen LogP contribution >= 0.6 is 0 Å². The number of unbranched alkanes of at least 4 members (excludes halogenated alkanes) is 20. The molecule has 0 spiro atoms. The van der Waals surface area contributed by atoms with Crippen molar-refractivity contribution in [2.75, 3.05) is 13.2 Å². The predicted octanol–water partition coefficient (Wildman–Crippen LogP) is 24.0. The molecule has 0 bridgehead atoms. The Labute approximate surface area is 518 Å². The zero-order valence-electron chi connectivity index (χ0n) is 53.8. The fourth-order valence-corrected chi connectivity index (χ4v) is 8.88. The first kappa shape index (κ1) is 78.7. The van der Waals surface area contributed by atoms with Crippen LogP contribution in [0.15, 0.2) is 194 Å². The highest BCUT2D eigenvalue weighted by atomic mass is 16.6. The zero-order valence-corrected chi connectivity index (χ0v) is 53.8. The Kier molecular flexibility index (Phi) is 67.5. The van der Waals surface area contributed by atoms with Crippen molar-refractivity contribution in [2.45, 2.75) is 277 Å². The summed E-state index contributed by atoms with van der Waals surface area (Å²) in [6, 6.07) is 0. The van der Waals surface area contributed by atoms with Gasteiger partial charge in [0.25, 0.3) is 0 Å². The van der Waals surface area contributed by atoms with E-state index in [1.54, 1.807) is 0 Å². The van der Waals surface area contributed by atoms with Gasteiger partial charge in [-0.3, -0.25) is 9.59 Å². The fraction of sp³-hybridized carbons (Fsp3) is 0.570. The van der Waals surface area contributed by atoms with Gasteiger partial charge in [0.1, 0.15) is 6.61 Å². The van der Waals surface area contributed by atoms with Crippen molar-refractivity contribution in [2.24, 2.45) is 0 Å². The molecule has 0 amide bonds. The Hall–Kier alpha value is -5.26. The summed E-state index contributed by atoms with van der Waals surface area (Å²) in [4.78, 5) is 24.6. The molecular formula is C79H124O5. The van der Waals surface area contributed by atoms with Crippen LogP contribution in [0, 0.1) is 0 Å². The largest absolute Gasteiger partial charge is 0.462 e. The number of hydrogen-bond donors (Lipinski definition) is 1. The van der Waals surface area contributed by atoms with E-state index in [4.69, 9.17) is 9.47 Å². The van der Waals surface area contributed by atoms with Crippen molar-refractivity contribution >= 4 is 11.9 Å². The quantitative estimate of drug-likeness (QED) is 0.0373. The maximum Gasteiger partial charge on any atom is 0.306 e. The average molecular weight is 1150 g/mol. The summed E-state index contributed by atoms with van der Waals surface area (Å²) in [5, 5.41) is 9.70. The molecule has 1 unspecified atom stereocenters. The first-order valence-electron chi connectivity index (χ1n) is 34.0. The van der Waals surface area contributed by atoms with Crippen LogP contribution in [0.2, 0.25) is 0 Å². The van der Waals surface area contributed by atoms with E-state index < -0.39 is 6.10 Å². The lowest BCUT2D eigenvalue weighted by molar-refractivity contribution is -0.161. The highest BCUT2D eigenvalue weighted by Gasteiger charge is 2.16. The molecule has 5 nitrogen and oxygen atoms in total. The molecule has 0 saturated heterocycles. The first-order chi connectivity index (χ1) is 41.6. The summed E-state index contributed by atoms with van der Waals surface area (Å²) in [6.07, 6.45) is 114. The lowest BCUT2D eigenvalue weighted by Crippen LogP contribution is -2.28. The fourth-order valence-electron chi connectivity index (χ4n) is 8.88. The third-order valence-electron chi connectivity index (χ3n) is 13.9. The van der Waals surface area contributed by atoms with Crippen LogP contribution in [-0.4, -0.2) is 36.4 Å². The minimum absolute atomic E-state index is 0.0830. The molecule has 0 rings (SSSR count). The summed E-state index contributed by atoms with van der Waals surface area (Å²) in [5.74, 6) is -0.613. The minimum Gasteiger partial charge on any atom is -0.462 e. The number of ether oxygens (including phenoxy) is 2. The van der Waals surface area contributed by atoms with Crippen LogP contribution in [0.1, 0.15) is 271 Å². The standard InChI is InChI=1S/C79H124O5/c1-3-5-7-9-11-13-15-17-19-21-23-25-27-29-31-33-34-35-36-37-38-39-40-41-42-43-44-46-48-50-52-54-56-58-60-62-64-66-68-70-72-74-79(82)84-77(75-80)76-83-78(81)73-71-69-67-65-63-61-59-57-55-53-51-49-47-45-32-30-28-26-24-22-20-18-16-14-12-10-8-6-4-2/h5-8,11-14,17-20,23-26,29-32,34-35,37-38,40-41,43-44,47,49,53,55,77,80H,3-4,9-10,15-16,21-22,27-28,33,36,39,42,45-46,48,50-52,54,56-76H2,1-2H3/b7-5-,8-6-,13-11-,14-12-,19-17-,20-18-,25-23-,26-24-,31-29-,32-30-,35-34-,38-37-,41-40-,44-43-,49-47-,55-53-. The molecule has 0 aromatic rings. The number of hydrogen-bond acceptors (Lipinski definition) is 5. The highest BCUT2D eigenvalue weighted by molar-refractivity contribution is 5.70. The van der Waals surface area contributed by atoms with Gasteiger partial charge in [0.2, 0.25) is 0 Å². The smallest absolute Gasteiger partial charge is 0.306 e. The predicted molar refractivity (Wildman–Crippen MR) is 370 cm³/mol. The van der Waals surface area contributed by atoms with E-state index >= 15 is 0 Å². The highest BCUT2D eigenvalue weighted by Crippen LogP contribution is 2.15. The second-order valence-electron chi connectivity index (χ2n) is 21.8. The lowest BCUT2D eigenvalue weighted by atomic mass is 10.0. The summed E-state index contributed by atoms with van der Waals surface area (Å²) < 4.78 is 10.7. The summed E-state index contributed by atoms with van der Waals surface area (Å²) in [6.45, 7) is 3.90. The monoisotopic (exact) mass is 1150 g/mol. The molecule has 0 saturated carbocycles. The third-order valence-corrected chi connectivity index (χ3v) is 13.9. The molecule has 470 valence electrons. The van der Waals surface area contributed by atoms with Gasteiger partial charge in [-0.05, 0) is 141 Å². The summed E-state index contributed by atoms with van der Waals surface area (Å²) in [5.41, 5.74) is 0. The van der Waals surface area contributed by atoms with Gasteiger partial charge in [-0.2, -0.15) is 0 Å². The van der Waals surface area contributed by atoms with E-state index in [-0.39, 0.29) is 25.2 Å². The van der Waals surface area contributed by atoms with Gasteiger partial charge in [0.05, 0.1) is 6.61 Å². The van der Waals surface area contributed by atoms with E-state index in [1.807, 2.05) is 0 Å². The van der Waals surface area contributed by atoms with Crippen molar-refractivity contribution in [3.05, 3.63) is 194 Å². The maximum atomic E-state index is 12.4. The van der Waals surface area contributed by atoms with E-state index in [0.29, 0.717) is 12.8 Å². The molecule has 0 aromatic heterocycles. The average Bonchev–Trinajstić information content (AvgIpc) is 3.51. The lowest BCUT2D eigenvalue weighted by Gasteiger charge is -2.15. The number of rotatable bonds is 60. The second kappa shape index (κ2) is 72.0. The van der Waals surface area contributed by atoms with Gasteiger partial charge >= 0.3 is 11.9 Å². The van der Waals surface area contributed by atoms with Gasteiger partial charge in [-0.1, -0.05) is 311 Å². The van der Waals surface area contributed by atoms with E-state index in [9.17, 15) is 14.7 Å². The van der Waals surface area contributed by atoms with E-state index in [0.717, 1.165) is 148 Å². The van der Waals surface area contributed by atoms with E-state index in [1.165, 1.54) is 96.3 Å². The number of aliphatic hydroxyl groups is 1. The Morgan fingerprint density at radius 2 is 0.476 bits per heavy atom. The molecule has 5 heteroatoms. The number of allylic oxidation sites excluding steroid dienone is 32. The van der Waals surface area contributed by atoms with Crippen molar-refractivity contribution < 1.29 is 24.2 Å². The van der Waals surface area contributed by atoms with Crippen LogP contribution in [0.4, 0.5) is 0 Å². The number of carbonyl (C=O) groups is 2. The Morgan fingerprint density at radius 3 is 0.714 bits per heavy atom. The van der Waals surface area contributed by atoms with Crippen molar-refractivity contribution in [3.8, 4) is 0 Å².